The lowest BCUT2D eigenvalue weighted by atomic mass is 9.85. The molecule has 1 atom stereocenters. The Bertz CT molecular complexity index is 1230. The van der Waals surface area contributed by atoms with Gasteiger partial charge in [0.05, 0.1) is 30.8 Å². The fourth-order valence-electron chi connectivity index (χ4n) is 4.52. The highest BCUT2D eigenvalue weighted by Gasteiger charge is 2.35. The number of aliphatic hydroxyl groups is 1. The van der Waals surface area contributed by atoms with Crippen LogP contribution in [-0.2, 0) is 5.41 Å². The maximum atomic E-state index is 15.1. The molecule has 184 valence electrons. The van der Waals surface area contributed by atoms with Crippen LogP contribution in [0.5, 0.6) is 5.75 Å². The van der Waals surface area contributed by atoms with Crippen LogP contribution in [0.1, 0.15) is 12.5 Å². The highest BCUT2D eigenvalue weighted by atomic mass is 19.1. The molecule has 1 saturated heterocycles. The normalized spacial score (nSPS) is 19.9. The summed E-state index contributed by atoms with van der Waals surface area (Å²) in [4.78, 5) is 17.7. The Morgan fingerprint density at radius 3 is 2.74 bits per heavy atom. The molecule has 1 fully saturated rings. The summed E-state index contributed by atoms with van der Waals surface area (Å²) in [6.07, 6.45) is 3.38. The third-order valence-corrected chi connectivity index (χ3v) is 6.84. The zero-order chi connectivity index (χ0) is 24.6. The highest BCUT2D eigenvalue weighted by molar-refractivity contribution is 5.71. The van der Waals surface area contributed by atoms with Gasteiger partial charge in [0.1, 0.15) is 17.4 Å². The molecule has 2 aliphatic rings. The van der Waals surface area contributed by atoms with Crippen molar-refractivity contribution in [2.75, 3.05) is 69.0 Å². The van der Waals surface area contributed by atoms with E-state index in [2.05, 4.69) is 37.5 Å². The Morgan fingerprint density at radius 2 is 2.00 bits per heavy atom. The van der Waals surface area contributed by atoms with Crippen molar-refractivity contribution >= 4 is 23.1 Å². The number of hydrogen-bond acceptors (Lipinski definition) is 9. The second kappa shape index (κ2) is 9.27. The van der Waals surface area contributed by atoms with Crippen molar-refractivity contribution in [1.82, 2.24) is 19.9 Å². The zero-order valence-electron chi connectivity index (χ0n) is 20.2. The molecular formula is C25H30FN7O2. The predicted octanol–water partition coefficient (Wildman–Crippen LogP) is 2.86. The van der Waals surface area contributed by atoms with Crippen molar-refractivity contribution in [1.29, 1.82) is 0 Å². The SMILES string of the molecule is COc1cc(N2CCN(C)CC2)c(F)cc1Nc1nccc(-c2cnc3c(c2)C(C)(CO)CN3)n1. The number of piperazine rings is 1. The van der Waals surface area contributed by atoms with Gasteiger partial charge >= 0.3 is 0 Å². The molecule has 9 nitrogen and oxygen atoms in total. The van der Waals surface area contributed by atoms with E-state index in [0.29, 0.717) is 35.3 Å². The van der Waals surface area contributed by atoms with Gasteiger partial charge in [0, 0.05) is 73.8 Å². The molecule has 10 heteroatoms. The van der Waals surface area contributed by atoms with Crippen molar-refractivity contribution < 1.29 is 14.2 Å². The van der Waals surface area contributed by atoms with E-state index in [9.17, 15) is 5.11 Å². The molecule has 2 aromatic heterocycles. The molecule has 3 N–H and O–H groups in total. The second-order valence-corrected chi connectivity index (χ2v) is 9.38. The Balaban J connectivity index is 1.41. The minimum atomic E-state index is -0.400. The van der Waals surface area contributed by atoms with Gasteiger partial charge in [-0.1, -0.05) is 6.92 Å². The summed E-state index contributed by atoms with van der Waals surface area (Å²) in [5, 5.41) is 16.2. The van der Waals surface area contributed by atoms with Gasteiger partial charge in [0.25, 0.3) is 0 Å². The number of nitrogens with one attached hydrogen (secondary N) is 2. The average Bonchev–Trinajstić information content (AvgIpc) is 3.21. The summed E-state index contributed by atoms with van der Waals surface area (Å²) in [6, 6.07) is 6.94. The largest absolute Gasteiger partial charge is 0.494 e. The number of anilines is 4. The van der Waals surface area contributed by atoms with E-state index >= 15 is 4.39 Å². The fraction of sp³-hybridized carbons (Fsp3) is 0.400. The highest BCUT2D eigenvalue weighted by Crippen LogP contribution is 2.38. The van der Waals surface area contributed by atoms with Crippen LogP contribution < -0.4 is 20.3 Å². The van der Waals surface area contributed by atoms with Crippen LogP contribution in [0.3, 0.4) is 0 Å². The van der Waals surface area contributed by atoms with E-state index in [-0.39, 0.29) is 12.4 Å². The Morgan fingerprint density at radius 1 is 1.20 bits per heavy atom. The topological polar surface area (TPSA) is 98.7 Å². The van der Waals surface area contributed by atoms with Gasteiger partial charge in [-0.2, -0.15) is 0 Å². The van der Waals surface area contributed by atoms with Crippen LogP contribution in [0.25, 0.3) is 11.3 Å². The van der Waals surface area contributed by atoms with Crippen LogP contribution in [0.15, 0.2) is 36.7 Å². The minimum absolute atomic E-state index is 0.0181. The Labute approximate surface area is 204 Å². The predicted molar refractivity (Wildman–Crippen MR) is 134 cm³/mol. The third kappa shape index (κ3) is 4.46. The van der Waals surface area contributed by atoms with Crippen LogP contribution >= 0.6 is 0 Å². The number of halogens is 1. The number of rotatable bonds is 6. The van der Waals surface area contributed by atoms with Gasteiger partial charge in [0.2, 0.25) is 5.95 Å². The van der Waals surface area contributed by atoms with E-state index in [1.165, 1.54) is 6.07 Å². The van der Waals surface area contributed by atoms with Gasteiger partial charge in [-0.15, -0.1) is 0 Å². The standard InChI is InChI=1S/C25H30FN7O2/c1-25(15-34)14-29-23-17(25)10-16(13-28-23)19-4-5-27-24(30-19)31-20-11-18(26)21(12-22(20)35-3)33-8-6-32(2)7-9-33/h4-5,10-13,34H,6-9,14-15H2,1-3H3,(H,28,29)(H,27,30,31). The zero-order valence-corrected chi connectivity index (χ0v) is 20.2. The van der Waals surface area contributed by atoms with Crippen LogP contribution in [0, 0.1) is 5.82 Å². The molecule has 4 heterocycles. The van der Waals surface area contributed by atoms with Gasteiger partial charge in [-0.3, -0.25) is 0 Å². The molecule has 0 bridgehead atoms. The summed E-state index contributed by atoms with van der Waals surface area (Å²) >= 11 is 0. The Hall–Kier alpha value is -3.50. The van der Waals surface area contributed by atoms with Gasteiger partial charge in [0.15, 0.2) is 0 Å². The number of ether oxygens (including phenoxy) is 1. The molecular weight excluding hydrogens is 449 g/mol. The lowest BCUT2D eigenvalue weighted by Gasteiger charge is -2.34. The lowest BCUT2D eigenvalue weighted by molar-refractivity contribution is 0.218. The summed E-state index contributed by atoms with van der Waals surface area (Å²) in [7, 11) is 3.63. The van der Waals surface area contributed by atoms with Crippen molar-refractivity contribution in [3.63, 3.8) is 0 Å². The number of benzene rings is 1. The van der Waals surface area contributed by atoms with Crippen LogP contribution in [0.4, 0.5) is 27.5 Å². The number of pyridine rings is 1. The van der Waals surface area contributed by atoms with E-state index < -0.39 is 5.41 Å². The summed E-state index contributed by atoms with van der Waals surface area (Å²) < 4.78 is 20.7. The molecule has 1 aromatic carbocycles. The first-order chi connectivity index (χ1) is 16.9. The van der Waals surface area contributed by atoms with Crippen molar-refractivity contribution in [2.24, 2.45) is 0 Å². The maximum Gasteiger partial charge on any atom is 0.227 e. The van der Waals surface area contributed by atoms with E-state index in [4.69, 9.17) is 4.74 Å². The minimum Gasteiger partial charge on any atom is -0.494 e. The van der Waals surface area contributed by atoms with Gasteiger partial charge < -0.3 is 30.3 Å². The molecule has 0 radical (unpaired) electrons. The monoisotopic (exact) mass is 479 g/mol. The average molecular weight is 480 g/mol. The number of aliphatic hydroxyl groups excluding tert-OH is 1. The molecule has 1 unspecified atom stereocenters. The first-order valence-electron chi connectivity index (χ1n) is 11.7. The van der Waals surface area contributed by atoms with Crippen molar-refractivity contribution in [3.8, 4) is 17.0 Å². The molecule has 2 aliphatic heterocycles. The first kappa shape index (κ1) is 23.3. The van der Waals surface area contributed by atoms with Crippen molar-refractivity contribution in [2.45, 2.75) is 12.3 Å². The summed E-state index contributed by atoms with van der Waals surface area (Å²) in [5.74, 6) is 1.28. The second-order valence-electron chi connectivity index (χ2n) is 9.38. The van der Waals surface area contributed by atoms with Crippen LogP contribution in [0.2, 0.25) is 0 Å². The third-order valence-electron chi connectivity index (χ3n) is 6.84. The molecule has 0 saturated carbocycles. The van der Waals surface area contributed by atoms with E-state index in [1.807, 2.05) is 17.9 Å². The van der Waals surface area contributed by atoms with Crippen molar-refractivity contribution in [3.05, 3.63) is 48.0 Å². The van der Waals surface area contributed by atoms with E-state index in [0.717, 1.165) is 43.1 Å². The lowest BCUT2D eigenvalue weighted by Crippen LogP contribution is -2.44. The summed E-state index contributed by atoms with van der Waals surface area (Å²) in [5.41, 5.74) is 3.00. The maximum absolute atomic E-state index is 15.1. The quantitative estimate of drug-likeness (QED) is 0.493. The van der Waals surface area contributed by atoms with Gasteiger partial charge in [-0.05, 0) is 19.2 Å². The molecule has 0 aliphatic carbocycles. The van der Waals surface area contributed by atoms with Crippen LogP contribution in [-0.4, -0.2) is 78.4 Å². The van der Waals surface area contributed by atoms with E-state index in [1.54, 1.807) is 31.6 Å². The number of nitrogens with zero attached hydrogens (tertiary/aromatic N) is 5. The van der Waals surface area contributed by atoms with Gasteiger partial charge in [-0.25, -0.2) is 19.3 Å². The smallest absolute Gasteiger partial charge is 0.227 e. The number of methoxy groups -OCH3 is 1. The number of likely N-dealkylation sites (N-methyl/N-ethyl adjacent to an activating group) is 1. The number of fused-ring (bicyclic) bond motifs is 1. The number of aromatic nitrogens is 3. The molecule has 35 heavy (non-hydrogen) atoms. The molecule has 0 spiro atoms. The molecule has 5 rings (SSSR count). The summed E-state index contributed by atoms with van der Waals surface area (Å²) in [6.45, 7) is 5.92. The number of hydrogen-bond donors (Lipinski definition) is 3. The molecule has 0 amide bonds. The Kier molecular flexibility index (Phi) is 6.16. The molecule has 3 aromatic rings. The fourth-order valence-corrected chi connectivity index (χ4v) is 4.52. The first-order valence-corrected chi connectivity index (χ1v) is 11.7.